The molecule has 0 saturated heterocycles. The van der Waals surface area contributed by atoms with Gasteiger partial charge in [0.1, 0.15) is 0 Å². The average Bonchev–Trinajstić information content (AvgIpc) is 2.50. The first kappa shape index (κ1) is 19.6. The Kier molecular flexibility index (Phi) is 17.4. The van der Waals surface area contributed by atoms with E-state index in [1.165, 1.54) is 12.8 Å². The van der Waals surface area contributed by atoms with Crippen molar-refractivity contribution in [1.29, 1.82) is 0 Å². The fourth-order valence-corrected chi connectivity index (χ4v) is 1.91. The van der Waals surface area contributed by atoms with Gasteiger partial charge in [-0.25, -0.2) is 0 Å². The van der Waals surface area contributed by atoms with Gasteiger partial charge in [-0.1, -0.05) is 68.4 Å². The van der Waals surface area contributed by atoms with Crippen molar-refractivity contribution in [2.75, 3.05) is 0 Å². The lowest BCUT2D eigenvalue weighted by molar-refractivity contribution is 0.544. The molecule has 21 heavy (non-hydrogen) atoms. The largest absolute Gasteiger partial charge is 0.291 e. The first-order valence-electron chi connectivity index (χ1n) is 8.36. The van der Waals surface area contributed by atoms with Gasteiger partial charge in [0, 0.05) is 6.42 Å². The molecule has 0 atom stereocenters. The van der Waals surface area contributed by atoms with Crippen molar-refractivity contribution < 1.29 is 4.79 Å². The average molecular weight is 287 g/mol. The summed E-state index contributed by atoms with van der Waals surface area (Å²) in [4.78, 5) is 10.0. The summed E-state index contributed by atoms with van der Waals surface area (Å²) in [5.41, 5.74) is 0. The first-order chi connectivity index (χ1) is 10.4. The molecule has 0 spiro atoms. The van der Waals surface area contributed by atoms with Gasteiger partial charge in [-0.05, 0) is 44.9 Å². The summed E-state index contributed by atoms with van der Waals surface area (Å²) in [5.74, 6) is 0. The molecule has 1 nitrogen and oxygen atoms in total. The summed E-state index contributed by atoms with van der Waals surface area (Å²) in [6, 6.07) is 0. The van der Waals surface area contributed by atoms with Gasteiger partial charge in [-0.2, -0.15) is 0 Å². The fourth-order valence-electron chi connectivity index (χ4n) is 1.91. The molecule has 0 aromatic heterocycles. The van der Waals surface area contributed by atoms with Gasteiger partial charge in [0.25, 0.3) is 0 Å². The van der Waals surface area contributed by atoms with Crippen LogP contribution in [0.1, 0.15) is 71.1 Å². The van der Waals surface area contributed by atoms with Crippen molar-refractivity contribution in [3.8, 4) is 0 Å². The second kappa shape index (κ2) is 18.6. The minimum Gasteiger partial charge on any atom is -0.291 e. The fraction of sp³-hybridized carbons (Fsp3) is 0.550. The van der Waals surface area contributed by atoms with E-state index in [9.17, 15) is 4.79 Å². The molecule has 0 aliphatic carbocycles. The van der Waals surface area contributed by atoms with E-state index in [-0.39, 0.29) is 0 Å². The maximum Gasteiger partial charge on any atom is 0.198 e. The molecule has 0 aromatic carbocycles. The number of unbranched alkanes of at least 4 members (excludes halogenated alkanes) is 5. The van der Waals surface area contributed by atoms with Crippen molar-refractivity contribution in [1.82, 2.24) is 0 Å². The third-order valence-electron chi connectivity index (χ3n) is 3.12. The van der Waals surface area contributed by atoms with Crippen LogP contribution in [-0.4, -0.2) is 6.29 Å². The van der Waals surface area contributed by atoms with Crippen LogP contribution in [-0.2, 0) is 4.79 Å². The molecule has 1 radical (unpaired) electrons. The quantitative estimate of drug-likeness (QED) is 0.273. The van der Waals surface area contributed by atoms with Crippen LogP contribution in [0.3, 0.4) is 0 Å². The Morgan fingerprint density at radius 2 is 1.19 bits per heavy atom. The van der Waals surface area contributed by atoms with Crippen molar-refractivity contribution in [3.63, 3.8) is 0 Å². The lowest BCUT2D eigenvalue weighted by Gasteiger charge is -1.95. The standard InChI is InChI=1S/C20H31O/c1-2-3-4-5-6-7-8-9-10-11-12-13-14-15-16-17-18-19-20-21/h3-4,6-7,9-10,12-13H,2,5,8,11,14-19H2,1H3. The monoisotopic (exact) mass is 287 g/mol. The van der Waals surface area contributed by atoms with Gasteiger partial charge in [0.2, 0.25) is 0 Å². The predicted molar refractivity (Wildman–Crippen MR) is 94.1 cm³/mol. The molecule has 0 amide bonds. The topological polar surface area (TPSA) is 17.1 Å². The first-order valence-corrected chi connectivity index (χ1v) is 8.36. The van der Waals surface area contributed by atoms with E-state index in [0.29, 0.717) is 6.42 Å². The maximum absolute atomic E-state index is 10.0. The summed E-state index contributed by atoms with van der Waals surface area (Å²) in [5, 5.41) is 0. The zero-order chi connectivity index (χ0) is 15.4. The molecule has 0 N–H and O–H groups in total. The van der Waals surface area contributed by atoms with E-state index < -0.39 is 0 Å². The lowest BCUT2D eigenvalue weighted by Crippen LogP contribution is -1.78. The summed E-state index contributed by atoms with van der Waals surface area (Å²) in [6.45, 7) is 2.16. The zero-order valence-electron chi connectivity index (χ0n) is 13.6. The Bertz CT molecular complexity index is 321. The number of allylic oxidation sites excluding steroid dienone is 8. The second-order valence-corrected chi connectivity index (χ2v) is 5.10. The summed E-state index contributed by atoms with van der Waals surface area (Å²) < 4.78 is 0. The van der Waals surface area contributed by atoms with E-state index >= 15 is 0 Å². The third kappa shape index (κ3) is 18.6. The highest BCUT2D eigenvalue weighted by molar-refractivity contribution is 5.50. The predicted octanol–water partition coefficient (Wildman–Crippen LogP) is 6.24. The molecular formula is C20H31O. The minimum absolute atomic E-state index is 0.601. The van der Waals surface area contributed by atoms with Crippen LogP contribution in [0.4, 0.5) is 0 Å². The Hall–Kier alpha value is -1.37. The van der Waals surface area contributed by atoms with E-state index in [2.05, 4.69) is 55.5 Å². The highest BCUT2D eigenvalue weighted by atomic mass is 16.1. The lowest BCUT2D eigenvalue weighted by atomic mass is 10.1. The van der Waals surface area contributed by atoms with Crippen LogP contribution in [0.2, 0.25) is 0 Å². The molecule has 0 fully saturated rings. The number of rotatable bonds is 14. The third-order valence-corrected chi connectivity index (χ3v) is 3.12. The van der Waals surface area contributed by atoms with Crippen LogP contribution in [0.5, 0.6) is 0 Å². The normalized spacial score (nSPS) is 12.4. The van der Waals surface area contributed by atoms with Crippen molar-refractivity contribution >= 4 is 6.29 Å². The van der Waals surface area contributed by atoms with Gasteiger partial charge in [0.15, 0.2) is 6.29 Å². The van der Waals surface area contributed by atoms with Gasteiger partial charge in [-0.15, -0.1) is 0 Å². The molecule has 0 aromatic rings. The molecule has 0 heterocycles. The second-order valence-electron chi connectivity index (χ2n) is 5.10. The van der Waals surface area contributed by atoms with Crippen LogP contribution in [0, 0.1) is 0 Å². The van der Waals surface area contributed by atoms with Crippen molar-refractivity contribution in [3.05, 3.63) is 48.6 Å². The molecule has 0 aliphatic heterocycles. The Morgan fingerprint density at radius 3 is 1.76 bits per heavy atom. The maximum atomic E-state index is 10.0. The number of hydrogen-bond acceptors (Lipinski definition) is 1. The van der Waals surface area contributed by atoms with Gasteiger partial charge < -0.3 is 0 Å². The van der Waals surface area contributed by atoms with Crippen LogP contribution < -0.4 is 0 Å². The summed E-state index contributed by atoms with van der Waals surface area (Å²) in [6.07, 6.45) is 30.3. The summed E-state index contributed by atoms with van der Waals surface area (Å²) in [7, 11) is 0. The molecule has 0 aliphatic rings. The van der Waals surface area contributed by atoms with Crippen LogP contribution >= 0.6 is 0 Å². The zero-order valence-corrected chi connectivity index (χ0v) is 13.6. The Balaban J connectivity index is 3.32. The number of hydrogen-bond donors (Lipinski definition) is 0. The Labute approximate surface area is 131 Å². The van der Waals surface area contributed by atoms with E-state index in [0.717, 1.165) is 44.9 Å². The minimum atomic E-state index is 0.601. The molecule has 117 valence electrons. The van der Waals surface area contributed by atoms with E-state index in [1.54, 1.807) is 0 Å². The molecule has 0 saturated carbocycles. The molecule has 1 heteroatoms. The summed E-state index contributed by atoms with van der Waals surface area (Å²) >= 11 is 0. The Morgan fingerprint density at radius 1 is 0.667 bits per heavy atom. The van der Waals surface area contributed by atoms with Crippen LogP contribution in [0.25, 0.3) is 0 Å². The smallest absolute Gasteiger partial charge is 0.198 e. The van der Waals surface area contributed by atoms with Crippen molar-refractivity contribution in [2.24, 2.45) is 0 Å². The molecule has 0 rings (SSSR count). The van der Waals surface area contributed by atoms with Gasteiger partial charge in [0.05, 0.1) is 0 Å². The SMILES string of the molecule is CCC=CCC=CCC=CCC=CCCCCCC[C]=O. The van der Waals surface area contributed by atoms with E-state index in [1.807, 2.05) is 6.29 Å². The van der Waals surface area contributed by atoms with Crippen LogP contribution in [0.15, 0.2) is 48.6 Å². The van der Waals surface area contributed by atoms with Gasteiger partial charge in [-0.3, -0.25) is 4.79 Å². The molecule has 0 unspecified atom stereocenters. The molecular weight excluding hydrogens is 256 g/mol. The molecule has 0 bridgehead atoms. The number of carbonyl (C=O) groups excluding carboxylic acids is 1. The highest BCUT2D eigenvalue weighted by Crippen LogP contribution is 2.05. The van der Waals surface area contributed by atoms with E-state index in [4.69, 9.17) is 0 Å². The van der Waals surface area contributed by atoms with Gasteiger partial charge >= 0.3 is 0 Å². The van der Waals surface area contributed by atoms with Crippen molar-refractivity contribution in [2.45, 2.75) is 71.1 Å². The highest BCUT2D eigenvalue weighted by Gasteiger charge is 1.88.